The van der Waals surface area contributed by atoms with Crippen LogP contribution in [0.5, 0.6) is 5.88 Å². The molecule has 2 aromatic heterocycles. The summed E-state index contributed by atoms with van der Waals surface area (Å²) < 4.78 is 5.19. The number of hydrogen-bond donors (Lipinski definition) is 2. The number of rotatable bonds is 5. The van der Waals surface area contributed by atoms with Gasteiger partial charge < -0.3 is 14.9 Å². The van der Waals surface area contributed by atoms with Gasteiger partial charge in [0.05, 0.1) is 30.2 Å². The molecule has 1 aliphatic carbocycles. The van der Waals surface area contributed by atoms with Crippen molar-refractivity contribution in [1.82, 2.24) is 9.97 Å². The number of hydrogen-bond acceptors (Lipinski definition) is 5. The number of carboxylic acid groups (broad SMARTS) is 1. The summed E-state index contributed by atoms with van der Waals surface area (Å²) in [6.45, 7) is 0. The molecule has 6 nitrogen and oxygen atoms in total. The molecule has 2 N–H and O–H groups in total. The van der Waals surface area contributed by atoms with Crippen LogP contribution in [0.4, 0.5) is 0 Å². The first kappa shape index (κ1) is 16.6. The van der Waals surface area contributed by atoms with Gasteiger partial charge in [0, 0.05) is 12.3 Å². The number of aryl methyl sites for hydroxylation is 1. The molecule has 128 valence electrons. The summed E-state index contributed by atoms with van der Waals surface area (Å²) in [6, 6.07) is 5.62. The molecule has 3 rings (SSSR count). The van der Waals surface area contributed by atoms with Gasteiger partial charge in [0.2, 0.25) is 5.88 Å². The molecule has 1 saturated carbocycles. The largest absolute Gasteiger partial charge is 0.481 e. The van der Waals surface area contributed by atoms with Gasteiger partial charge >= 0.3 is 5.97 Å². The van der Waals surface area contributed by atoms with Crippen LogP contribution < -0.4 is 4.74 Å². The number of aliphatic hydroxyl groups is 1. The summed E-state index contributed by atoms with van der Waals surface area (Å²) >= 11 is 0. The molecule has 0 aliphatic heterocycles. The fourth-order valence-corrected chi connectivity index (χ4v) is 3.49. The maximum atomic E-state index is 11.1. The fourth-order valence-electron chi connectivity index (χ4n) is 3.49. The number of aromatic nitrogens is 2. The highest BCUT2D eigenvalue weighted by Gasteiger charge is 2.32. The molecular weight excluding hydrogens is 308 g/mol. The summed E-state index contributed by atoms with van der Waals surface area (Å²) in [5.41, 5.74) is 2.72. The van der Waals surface area contributed by atoms with Gasteiger partial charge in [-0.05, 0) is 55.7 Å². The first-order valence-corrected chi connectivity index (χ1v) is 8.28. The summed E-state index contributed by atoms with van der Waals surface area (Å²) in [5.74, 6) is -0.527. The third-order valence-electron chi connectivity index (χ3n) is 4.94. The van der Waals surface area contributed by atoms with E-state index in [-0.39, 0.29) is 5.92 Å². The first-order chi connectivity index (χ1) is 11.6. The van der Waals surface area contributed by atoms with Crippen LogP contribution in [0.25, 0.3) is 11.0 Å². The second-order valence-electron chi connectivity index (χ2n) is 6.41. The number of aliphatic carboxylic acids is 1. The number of pyridine rings is 2. The van der Waals surface area contributed by atoms with Crippen molar-refractivity contribution in [2.45, 2.75) is 38.2 Å². The van der Waals surface area contributed by atoms with Gasteiger partial charge in [0.25, 0.3) is 0 Å². The molecule has 0 aromatic carbocycles. The molecule has 1 fully saturated rings. The van der Waals surface area contributed by atoms with Crippen LogP contribution in [-0.4, -0.2) is 39.4 Å². The number of ether oxygens (including phenoxy) is 1. The van der Waals surface area contributed by atoms with Gasteiger partial charge in [0.15, 0.2) is 0 Å². The lowest BCUT2D eigenvalue weighted by Gasteiger charge is -2.31. The highest BCUT2D eigenvalue weighted by molar-refractivity contribution is 5.78. The topological polar surface area (TPSA) is 92.5 Å². The standard InChI is InChI=1S/C18H22N2O4/c1-24-16-7-6-14-17(20-16)12(8-9-19-14)4-2-11-3-5-13(18(22)23)10-15(11)21/h6-9,11,13,15,21H,2-5,10H2,1H3,(H,22,23). The molecule has 2 heterocycles. The zero-order chi connectivity index (χ0) is 17.1. The monoisotopic (exact) mass is 330 g/mol. The van der Waals surface area contributed by atoms with Crippen molar-refractivity contribution in [2.24, 2.45) is 11.8 Å². The predicted octanol–water partition coefficient (Wildman–Crippen LogP) is 2.43. The average molecular weight is 330 g/mol. The Morgan fingerprint density at radius 3 is 2.88 bits per heavy atom. The van der Waals surface area contributed by atoms with Gasteiger partial charge in [0.1, 0.15) is 0 Å². The quantitative estimate of drug-likeness (QED) is 0.875. The van der Waals surface area contributed by atoms with E-state index < -0.39 is 18.0 Å². The highest BCUT2D eigenvalue weighted by Crippen LogP contribution is 2.32. The van der Waals surface area contributed by atoms with Crippen molar-refractivity contribution < 1.29 is 19.7 Å². The summed E-state index contributed by atoms with van der Waals surface area (Å²) in [4.78, 5) is 19.9. The number of carbonyl (C=O) groups is 1. The molecule has 1 aliphatic rings. The van der Waals surface area contributed by atoms with Gasteiger partial charge in [-0.15, -0.1) is 0 Å². The van der Waals surface area contributed by atoms with Crippen molar-refractivity contribution >= 4 is 17.0 Å². The van der Waals surface area contributed by atoms with Gasteiger partial charge in [-0.3, -0.25) is 9.78 Å². The molecule has 6 heteroatoms. The lowest BCUT2D eigenvalue weighted by atomic mass is 9.77. The van der Waals surface area contributed by atoms with Crippen molar-refractivity contribution in [3.8, 4) is 5.88 Å². The number of carboxylic acids is 1. The van der Waals surface area contributed by atoms with E-state index in [1.807, 2.05) is 12.1 Å². The van der Waals surface area contributed by atoms with Gasteiger partial charge in [-0.25, -0.2) is 4.98 Å². The third kappa shape index (κ3) is 3.48. The summed E-state index contributed by atoms with van der Waals surface area (Å²) in [7, 11) is 1.58. The molecule has 0 spiro atoms. The Hall–Kier alpha value is -2.21. The van der Waals surface area contributed by atoms with E-state index >= 15 is 0 Å². The maximum absolute atomic E-state index is 11.1. The Morgan fingerprint density at radius 2 is 2.17 bits per heavy atom. The van der Waals surface area contributed by atoms with Gasteiger partial charge in [-0.1, -0.05) is 0 Å². The molecule has 0 radical (unpaired) electrons. The first-order valence-electron chi connectivity index (χ1n) is 8.28. The van der Waals surface area contributed by atoms with E-state index in [0.29, 0.717) is 18.7 Å². The molecule has 24 heavy (non-hydrogen) atoms. The maximum Gasteiger partial charge on any atom is 0.306 e. The lowest BCUT2D eigenvalue weighted by Crippen LogP contribution is -2.33. The predicted molar refractivity (Wildman–Crippen MR) is 88.9 cm³/mol. The highest BCUT2D eigenvalue weighted by atomic mass is 16.5. The number of fused-ring (bicyclic) bond motifs is 1. The Balaban J connectivity index is 1.71. The van der Waals surface area contributed by atoms with Gasteiger partial charge in [-0.2, -0.15) is 0 Å². The lowest BCUT2D eigenvalue weighted by molar-refractivity contribution is -0.145. The van der Waals surface area contributed by atoms with Crippen LogP contribution in [0.3, 0.4) is 0 Å². The van der Waals surface area contributed by atoms with Crippen LogP contribution >= 0.6 is 0 Å². The number of nitrogens with zero attached hydrogens (tertiary/aromatic N) is 2. The molecule has 2 aromatic rings. The Morgan fingerprint density at radius 1 is 1.33 bits per heavy atom. The Kier molecular flexibility index (Phi) is 4.94. The van der Waals surface area contributed by atoms with Crippen LogP contribution in [0, 0.1) is 11.8 Å². The molecular formula is C18H22N2O4. The SMILES string of the molecule is COc1ccc2nccc(CCC3CCC(C(=O)O)CC3O)c2n1. The number of aliphatic hydroxyl groups excluding tert-OH is 1. The minimum Gasteiger partial charge on any atom is -0.481 e. The smallest absolute Gasteiger partial charge is 0.306 e. The van der Waals surface area contributed by atoms with E-state index in [9.17, 15) is 9.90 Å². The summed E-state index contributed by atoms with van der Waals surface area (Å²) in [5, 5.41) is 19.3. The number of methoxy groups -OCH3 is 1. The zero-order valence-corrected chi connectivity index (χ0v) is 13.7. The van der Waals surface area contributed by atoms with E-state index in [1.165, 1.54) is 0 Å². The minimum atomic E-state index is -0.802. The zero-order valence-electron chi connectivity index (χ0n) is 13.7. The van der Waals surface area contributed by atoms with E-state index in [4.69, 9.17) is 9.84 Å². The minimum absolute atomic E-state index is 0.134. The molecule has 0 saturated heterocycles. The van der Waals surface area contributed by atoms with Crippen molar-refractivity contribution in [1.29, 1.82) is 0 Å². The van der Waals surface area contributed by atoms with E-state index in [2.05, 4.69) is 9.97 Å². The third-order valence-corrected chi connectivity index (χ3v) is 4.94. The molecule has 3 unspecified atom stereocenters. The molecule has 0 amide bonds. The van der Waals surface area contributed by atoms with Crippen molar-refractivity contribution in [3.63, 3.8) is 0 Å². The van der Waals surface area contributed by atoms with Crippen molar-refractivity contribution in [3.05, 3.63) is 30.0 Å². The summed E-state index contributed by atoms with van der Waals surface area (Å²) in [6.07, 6.45) is 4.55. The van der Waals surface area contributed by atoms with Crippen LogP contribution in [-0.2, 0) is 11.2 Å². The fraction of sp³-hybridized carbons (Fsp3) is 0.500. The van der Waals surface area contributed by atoms with E-state index in [1.54, 1.807) is 19.4 Å². The van der Waals surface area contributed by atoms with Crippen LogP contribution in [0.2, 0.25) is 0 Å². The Bertz CT molecular complexity index is 734. The van der Waals surface area contributed by atoms with Crippen molar-refractivity contribution in [2.75, 3.05) is 7.11 Å². The van der Waals surface area contributed by atoms with E-state index in [0.717, 1.165) is 35.9 Å². The second kappa shape index (κ2) is 7.13. The Labute approximate surface area is 140 Å². The second-order valence-corrected chi connectivity index (χ2v) is 6.41. The molecule has 3 atom stereocenters. The van der Waals surface area contributed by atoms with Crippen LogP contribution in [0.15, 0.2) is 24.4 Å². The normalized spacial score (nSPS) is 24.0. The average Bonchev–Trinajstić information content (AvgIpc) is 2.60. The van der Waals surface area contributed by atoms with Crippen LogP contribution in [0.1, 0.15) is 31.2 Å². The molecule has 0 bridgehead atoms.